The van der Waals surface area contributed by atoms with Crippen molar-refractivity contribution in [3.05, 3.63) is 52.8 Å². The van der Waals surface area contributed by atoms with Crippen LogP contribution < -0.4 is 15.8 Å². The largest absolute Gasteiger partial charge is 0.482 e. The van der Waals surface area contributed by atoms with E-state index in [0.717, 1.165) is 4.47 Å². The molecule has 1 aromatic heterocycles. The van der Waals surface area contributed by atoms with Crippen molar-refractivity contribution in [3.63, 3.8) is 0 Å². The summed E-state index contributed by atoms with van der Waals surface area (Å²) in [5.41, 5.74) is 6.85. The number of nitrogens with one attached hydrogen (secondary N) is 1. The third-order valence-electron chi connectivity index (χ3n) is 2.48. The second-order valence-corrected chi connectivity index (χ2v) is 5.48. The van der Waals surface area contributed by atoms with Crippen molar-refractivity contribution >= 4 is 44.7 Å². The molecular formula is C14H12BrN3O2S. The highest BCUT2D eigenvalue weighted by Gasteiger charge is 2.05. The van der Waals surface area contributed by atoms with Gasteiger partial charge in [0.2, 0.25) is 0 Å². The maximum atomic E-state index is 11.8. The van der Waals surface area contributed by atoms with Gasteiger partial charge in [0.15, 0.2) is 6.61 Å². The van der Waals surface area contributed by atoms with E-state index in [-0.39, 0.29) is 17.5 Å². The summed E-state index contributed by atoms with van der Waals surface area (Å²) in [6.07, 6.45) is 3.17. The van der Waals surface area contributed by atoms with Crippen molar-refractivity contribution in [1.29, 1.82) is 0 Å². The molecule has 0 bridgehead atoms. The Bertz CT molecular complexity index is 679. The molecule has 0 unspecified atom stereocenters. The normalized spacial score (nSPS) is 9.95. The van der Waals surface area contributed by atoms with Gasteiger partial charge < -0.3 is 15.8 Å². The van der Waals surface area contributed by atoms with E-state index in [0.29, 0.717) is 17.0 Å². The Morgan fingerprint density at radius 1 is 1.38 bits per heavy atom. The lowest BCUT2D eigenvalue weighted by atomic mass is 10.2. The van der Waals surface area contributed by atoms with Crippen molar-refractivity contribution in [2.75, 3.05) is 11.9 Å². The molecule has 0 spiro atoms. The molecule has 3 N–H and O–H groups in total. The number of hydrogen-bond acceptors (Lipinski definition) is 4. The third kappa shape index (κ3) is 4.80. The molecule has 7 heteroatoms. The molecule has 0 aliphatic carbocycles. The minimum absolute atomic E-state index is 0.116. The van der Waals surface area contributed by atoms with E-state index >= 15 is 0 Å². The number of ether oxygens (including phenoxy) is 1. The van der Waals surface area contributed by atoms with Crippen LogP contribution in [0.1, 0.15) is 5.56 Å². The van der Waals surface area contributed by atoms with Crippen molar-refractivity contribution in [2.45, 2.75) is 0 Å². The van der Waals surface area contributed by atoms with E-state index in [9.17, 15) is 4.79 Å². The van der Waals surface area contributed by atoms with Gasteiger partial charge in [-0.25, -0.2) is 0 Å². The zero-order valence-corrected chi connectivity index (χ0v) is 13.3. The van der Waals surface area contributed by atoms with Crippen molar-refractivity contribution in [2.24, 2.45) is 5.73 Å². The molecule has 5 nitrogen and oxygen atoms in total. The van der Waals surface area contributed by atoms with E-state index in [2.05, 4.69) is 26.2 Å². The number of hydrogen-bond donors (Lipinski definition) is 2. The molecule has 1 aromatic carbocycles. The van der Waals surface area contributed by atoms with Crippen LogP contribution in [0.5, 0.6) is 5.75 Å². The number of halogens is 1. The number of rotatable bonds is 5. The molecule has 2 rings (SSSR count). The number of anilines is 1. The maximum absolute atomic E-state index is 11.8. The first kappa shape index (κ1) is 15.4. The molecular weight excluding hydrogens is 354 g/mol. The quantitative estimate of drug-likeness (QED) is 0.796. The maximum Gasteiger partial charge on any atom is 0.262 e. The van der Waals surface area contributed by atoms with E-state index in [1.807, 2.05) is 0 Å². The van der Waals surface area contributed by atoms with Crippen molar-refractivity contribution in [3.8, 4) is 5.75 Å². The van der Waals surface area contributed by atoms with Crippen LogP contribution in [0, 0.1) is 0 Å². The lowest BCUT2D eigenvalue weighted by Crippen LogP contribution is -2.20. The Morgan fingerprint density at radius 2 is 2.19 bits per heavy atom. The van der Waals surface area contributed by atoms with Gasteiger partial charge in [-0.05, 0) is 34.1 Å². The first-order valence-corrected chi connectivity index (χ1v) is 7.18. The number of pyridine rings is 1. The highest BCUT2D eigenvalue weighted by molar-refractivity contribution is 9.10. The first-order valence-electron chi connectivity index (χ1n) is 5.97. The highest BCUT2D eigenvalue weighted by Crippen LogP contribution is 2.16. The lowest BCUT2D eigenvalue weighted by Gasteiger charge is -2.08. The Labute approximate surface area is 135 Å². The van der Waals surface area contributed by atoms with E-state index in [4.69, 9.17) is 22.7 Å². The van der Waals surface area contributed by atoms with Gasteiger partial charge in [0, 0.05) is 21.9 Å². The van der Waals surface area contributed by atoms with Gasteiger partial charge in [0.1, 0.15) is 10.7 Å². The number of thiocarbonyl (C=S) groups is 1. The van der Waals surface area contributed by atoms with Gasteiger partial charge >= 0.3 is 0 Å². The van der Waals surface area contributed by atoms with Gasteiger partial charge in [-0.2, -0.15) is 0 Å². The van der Waals surface area contributed by atoms with Gasteiger partial charge in [0.05, 0.1) is 6.20 Å². The monoisotopic (exact) mass is 365 g/mol. The molecule has 0 saturated heterocycles. The molecule has 108 valence electrons. The predicted octanol–water partition coefficient (Wildman–Crippen LogP) is 2.50. The van der Waals surface area contributed by atoms with Crippen molar-refractivity contribution in [1.82, 2.24) is 4.98 Å². The van der Waals surface area contributed by atoms with Crippen LogP contribution in [0.25, 0.3) is 0 Å². The summed E-state index contributed by atoms with van der Waals surface area (Å²) in [5, 5.41) is 2.71. The SMILES string of the molecule is NC(=S)c1cccc(NC(=O)COc2cncc(Br)c2)c1. The van der Waals surface area contributed by atoms with Gasteiger partial charge in [-0.3, -0.25) is 9.78 Å². The lowest BCUT2D eigenvalue weighted by molar-refractivity contribution is -0.118. The molecule has 2 aromatic rings. The summed E-state index contributed by atoms with van der Waals surface area (Å²) in [6.45, 7) is -0.116. The standard InChI is InChI=1S/C14H12BrN3O2S/c15-10-5-12(7-17-6-10)20-8-13(19)18-11-3-1-2-9(4-11)14(16)21/h1-7H,8H2,(H2,16,21)(H,18,19). The van der Waals surface area contributed by atoms with Crippen LogP contribution in [-0.2, 0) is 4.79 Å². The van der Waals surface area contributed by atoms with E-state index in [1.165, 1.54) is 6.20 Å². The topological polar surface area (TPSA) is 77.2 Å². The minimum atomic E-state index is -0.282. The van der Waals surface area contributed by atoms with Crippen LogP contribution >= 0.6 is 28.1 Å². The number of nitrogens with two attached hydrogens (primary N) is 1. The predicted molar refractivity (Wildman–Crippen MR) is 88.4 cm³/mol. The zero-order chi connectivity index (χ0) is 15.2. The number of carbonyl (C=O) groups excluding carboxylic acids is 1. The van der Waals surface area contributed by atoms with Crippen molar-refractivity contribution < 1.29 is 9.53 Å². The van der Waals surface area contributed by atoms with Crippen LogP contribution in [0.3, 0.4) is 0 Å². The summed E-state index contributed by atoms with van der Waals surface area (Å²) in [4.78, 5) is 16.0. The number of carbonyl (C=O) groups is 1. The molecule has 0 fully saturated rings. The van der Waals surface area contributed by atoms with Gasteiger partial charge in [0.25, 0.3) is 5.91 Å². The number of aromatic nitrogens is 1. The van der Waals surface area contributed by atoms with E-state index in [1.54, 1.807) is 36.5 Å². The van der Waals surface area contributed by atoms with Gasteiger partial charge in [-0.1, -0.05) is 24.4 Å². The molecule has 0 saturated carbocycles. The Balaban J connectivity index is 1.93. The average molecular weight is 366 g/mol. The summed E-state index contributed by atoms with van der Waals surface area (Å²) in [5.74, 6) is 0.228. The number of amides is 1. The summed E-state index contributed by atoms with van der Waals surface area (Å²) in [6, 6.07) is 8.74. The molecule has 1 heterocycles. The molecule has 1 amide bonds. The molecule has 0 atom stereocenters. The minimum Gasteiger partial charge on any atom is -0.482 e. The van der Waals surface area contributed by atoms with Gasteiger partial charge in [-0.15, -0.1) is 0 Å². The molecule has 0 aliphatic rings. The van der Waals surface area contributed by atoms with Crippen LogP contribution in [0.4, 0.5) is 5.69 Å². The second kappa shape index (κ2) is 7.14. The average Bonchev–Trinajstić information content (AvgIpc) is 2.45. The fraction of sp³-hybridized carbons (Fsp3) is 0.0714. The van der Waals surface area contributed by atoms with Crippen LogP contribution in [-0.4, -0.2) is 22.5 Å². The van der Waals surface area contributed by atoms with Crippen LogP contribution in [0.2, 0.25) is 0 Å². The van der Waals surface area contributed by atoms with Crippen LogP contribution in [0.15, 0.2) is 47.2 Å². The summed E-state index contributed by atoms with van der Waals surface area (Å²) < 4.78 is 6.13. The third-order valence-corrected chi connectivity index (χ3v) is 3.15. The number of nitrogens with zero attached hydrogens (tertiary/aromatic N) is 1. The zero-order valence-electron chi connectivity index (χ0n) is 10.9. The fourth-order valence-corrected chi connectivity index (χ4v) is 2.04. The Hall–Kier alpha value is -1.99. The molecule has 0 radical (unpaired) electrons. The second-order valence-electron chi connectivity index (χ2n) is 4.12. The Kier molecular flexibility index (Phi) is 5.24. The molecule has 0 aliphatic heterocycles. The summed E-state index contributed by atoms with van der Waals surface area (Å²) >= 11 is 8.17. The first-order chi connectivity index (χ1) is 10.0. The smallest absolute Gasteiger partial charge is 0.262 e. The Morgan fingerprint density at radius 3 is 2.90 bits per heavy atom. The fourth-order valence-electron chi connectivity index (χ4n) is 1.57. The van der Waals surface area contributed by atoms with E-state index < -0.39 is 0 Å². The number of benzene rings is 1. The summed E-state index contributed by atoms with van der Waals surface area (Å²) in [7, 11) is 0. The highest BCUT2D eigenvalue weighted by atomic mass is 79.9. The molecule has 21 heavy (non-hydrogen) atoms.